The maximum Gasteiger partial charge on any atom is 0.307 e. The van der Waals surface area contributed by atoms with Gasteiger partial charge in [-0.2, -0.15) is 0 Å². The molecule has 0 spiro atoms. The van der Waals surface area contributed by atoms with Crippen LogP contribution < -0.4 is 4.74 Å². The van der Waals surface area contributed by atoms with Gasteiger partial charge in [0.15, 0.2) is 0 Å². The lowest BCUT2D eigenvalue weighted by Gasteiger charge is -2.30. The second-order valence-electron chi connectivity index (χ2n) is 4.87. The topological polar surface area (TPSA) is 49.8 Å². The predicted octanol–water partition coefficient (Wildman–Crippen LogP) is 2.75. The van der Waals surface area contributed by atoms with Crippen LogP contribution in [0.5, 0.6) is 5.75 Å². The van der Waals surface area contributed by atoms with E-state index in [-0.39, 0.29) is 5.92 Å². The van der Waals surface area contributed by atoms with Crippen molar-refractivity contribution in [2.75, 3.05) is 20.2 Å². The summed E-state index contributed by atoms with van der Waals surface area (Å²) in [7, 11) is 1.65. The summed E-state index contributed by atoms with van der Waals surface area (Å²) in [5, 5.41) is 9.10. The van der Waals surface area contributed by atoms with Crippen LogP contribution in [-0.2, 0) is 11.3 Å². The van der Waals surface area contributed by atoms with E-state index in [2.05, 4.69) is 20.8 Å². The maximum absolute atomic E-state index is 11.1. The summed E-state index contributed by atoms with van der Waals surface area (Å²) in [6.45, 7) is 2.33. The number of halogens is 1. The maximum atomic E-state index is 11.1. The second-order valence-corrected chi connectivity index (χ2v) is 5.72. The van der Waals surface area contributed by atoms with E-state index in [9.17, 15) is 4.79 Å². The minimum absolute atomic E-state index is 0.238. The number of methoxy groups -OCH3 is 1. The largest absolute Gasteiger partial charge is 0.497 e. The fourth-order valence-electron chi connectivity index (χ4n) is 2.44. The Kier molecular flexibility index (Phi) is 4.82. The van der Waals surface area contributed by atoms with Crippen LogP contribution in [0.1, 0.15) is 18.4 Å². The molecular weight excluding hydrogens is 310 g/mol. The molecule has 19 heavy (non-hydrogen) atoms. The number of benzene rings is 1. The standard InChI is InChI=1S/C14H18BrNO3/c1-19-12-4-5-13(15)11(7-12)9-16-6-2-3-10(8-16)14(17)18/h4-5,7,10H,2-3,6,8-9H2,1H3,(H,17,18). The van der Waals surface area contributed by atoms with Gasteiger partial charge in [0.05, 0.1) is 13.0 Å². The van der Waals surface area contributed by atoms with Crippen LogP contribution in [0.15, 0.2) is 22.7 Å². The van der Waals surface area contributed by atoms with Crippen molar-refractivity contribution in [3.05, 3.63) is 28.2 Å². The van der Waals surface area contributed by atoms with Crippen molar-refractivity contribution in [3.63, 3.8) is 0 Å². The molecule has 1 aliphatic rings. The second kappa shape index (κ2) is 6.39. The first-order valence-electron chi connectivity index (χ1n) is 6.37. The number of aliphatic carboxylic acids is 1. The Hall–Kier alpha value is -1.07. The van der Waals surface area contributed by atoms with Crippen molar-refractivity contribution >= 4 is 21.9 Å². The molecule has 5 heteroatoms. The SMILES string of the molecule is COc1ccc(Br)c(CN2CCCC(C(=O)O)C2)c1. The van der Waals surface area contributed by atoms with Gasteiger partial charge in [0.2, 0.25) is 0 Å². The summed E-state index contributed by atoms with van der Waals surface area (Å²) < 4.78 is 6.26. The van der Waals surface area contributed by atoms with Crippen LogP contribution >= 0.6 is 15.9 Å². The van der Waals surface area contributed by atoms with Gasteiger partial charge in [0, 0.05) is 17.6 Å². The fourth-order valence-corrected chi connectivity index (χ4v) is 2.81. The molecule has 1 saturated heterocycles. The zero-order chi connectivity index (χ0) is 13.8. The van der Waals surface area contributed by atoms with Crippen LogP contribution in [0.25, 0.3) is 0 Å². The molecule has 1 atom stereocenters. The lowest BCUT2D eigenvalue weighted by atomic mass is 9.98. The Morgan fingerprint density at radius 1 is 1.58 bits per heavy atom. The number of hydrogen-bond acceptors (Lipinski definition) is 3. The molecule has 1 unspecified atom stereocenters. The van der Waals surface area contributed by atoms with Gasteiger partial charge in [-0.15, -0.1) is 0 Å². The third-order valence-electron chi connectivity index (χ3n) is 3.50. The molecule has 0 aromatic heterocycles. The molecule has 1 N–H and O–H groups in total. The predicted molar refractivity (Wildman–Crippen MR) is 76.3 cm³/mol. The highest BCUT2D eigenvalue weighted by Crippen LogP contribution is 2.26. The van der Waals surface area contributed by atoms with Gasteiger partial charge in [0.1, 0.15) is 5.75 Å². The third-order valence-corrected chi connectivity index (χ3v) is 4.28. The molecule has 2 rings (SSSR count). The molecule has 0 radical (unpaired) electrons. The van der Waals surface area contributed by atoms with E-state index in [1.54, 1.807) is 7.11 Å². The van der Waals surface area contributed by atoms with Crippen molar-refractivity contribution in [1.29, 1.82) is 0 Å². The molecule has 104 valence electrons. The number of ether oxygens (including phenoxy) is 1. The van der Waals surface area contributed by atoms with Crippen molar-refractivity contribution in [2.45, 2.75) is 19.4 Å². The number of carboxylic acid groups (broad SMARTS) is 1. The van der Waals surface area contributed by atoms with Crippen LogP contribution in [-0.4, -0.2) is 36.2 Å². The first kappa shape index (κ1) is 14.3. The molecule has 4 nitrogen and oxygen atoms in total. The number of hydrogen-bond donors (Lipinski definition) is 1. The van der Waals surface area contributed by atoms with Crippen LogP contribution in [0.4, 0.5) is 0 Å². The lowest BCUT2D eigenvalue weighted by molar-refractivity contribution is -0.143. The van der Waals surface area contributed by atoms with Gasteiger partial charge in [-0.1, -0.05) is 15.9 Å². The minimum atomic E-state index is -0.686. The van der Waals surface area contributed by atoms with E-state index in [4.69, 9.17) is 9.84 Å². The molecule has 1 aromatic rings. The Morgan fingerprint density at radius 2 is 2.37 bits per heavy atom. The molecule has 1 aliphatic heterocycles. The zero-order valence-corrected chi connectivity index (χ0v) is 12.5. The van der Waals surface area contributed by atoms with E-state index in [0.29, 0.717) is 6.54 Å². The summed E-state index contributed by atoms with van der Waals surface area (Å²) in [5.74, 6) is -0.0995. The van der Waals surface area contributed by atoms with E-state index < -0.39 is 5.97 Å². The first-order valence-corrected chi connectivity index (χ1v) is 7.17. The van der Waals surface area contributed by atoms with Gasteiger partial charge in [0.25, 0.3) is 0 Å². The number of nitrogens with zero attached hydrogens (tertiary/aromatic N) is 1. The number of rotatable bonds is 4. The van der Waals surface area contributed by atoms with Gasteiger partial charge < -0.3 is 9.84 Å². The Balaban J connectivity index is 2.06. The van der Waals surface area contributed by atoms with Crippen LogP contribution in [0, 0.1) is 5.92 Å². The first-order chi connectivity index (χ1) is 9.10. The normalized spacial score (nSPS) is 20.2. The van der Waals surface area contributed by atoms with Crippen molar-refractivity contribution < 1.29 is 14.6 Å². The van der Waals surface area contributed by atoms with Crippen molar-refractivity contribution in [2.24, 2.45) is 5.92 Å². The number of carbonyl (C=O) groups is 1. The van der Waals surface area contributed by atoms with E-state index >= 15 is 0 Å². The zero-order valence-electron chi connectivity index (χ0n) is 10.9. The third kappa shape index (κ3) is 3.70. The Morgan fingerprint density at radius 3 is 3.05 bits per heavy atom. The fraction of sp³-hybridized carbons (Fsp3) is 0.500. The average molecular weight is 328 g/mol. The minimum Gasteiger partial charge on any atom is -0.497 e. The summed E-state index contributed by atoms with van der Waals surface area (Å²) in [6, 6.07) is 5.87. The van der Waals surface area contributed by atoms with Gasteiger partial charge in [-0.25, -0.2) is 0 Å². The molecule has 0 bridgehead atoms. The average Bonchev–Trinajstić information content (AvgIpc) is 2.41. The number of carboxylic acids is 1. The van der Waals surface area contributed by atoms with Gasteiger partial charge >= 0.3 is 5.97 Å². The highest BCUT2D eigenvalue weighted by Gasteiger charge is 2.25. The summed E-state index contributed by atoms with van der Waals surface area (Å²) >= 11 is 3.53. The van der Waals surface area contributed by atoms with E-state index in [1.165, 1.54) is 0 Å². The molecule has 1 heterocycles. The van der Waals surface area contributed by atoms with Crippen LogP contribution in [0.2, 0.25) is 0 Å². The Bertz CT molecular complexity index is 464. The van der Waals surface area contributed by atoms with Crippen molar-refractivity contribution in [1.82, 2.24) is 4.90 Å². The highest BCUT2D eigenvalue weighted by atomic mass is 79.9. The molecule has 0 saturated carbocycles. The quantitative estimate of drug-likeness (QED) is 0.923. The Labute approximate surface area is 121 Å². The molecule has 1 aromatic carbocycles. The summed E-state index contributed by atoms with van der Waals surface area (Å²) in [4.78, 5) is 13.3. The van der Waals surface area contributed by atoms with Gasteiger partial charge in [-0.3, -0.25) is 9.69 Å². The lowest BCUT2D eigenvalue weighted by Crippen LogP contribution is -2.38. The van der Waals surface area contributed by atoms with E-state index in [0.717, 1.165) is 41.7 Å². The summed E-state index contributed by atoms with van der Waals surface area (Å²) in [5.41, 5.74) is 1.13. The summed E-state index contributed by atoms with van der Waals surface area (Å²) in [6.07, 6.45) is 1.73. The number of piperidine rings is 1. The monoisotopic (exact) mass is 327 g/mol. The van der Waals surface area contributed by atoms with Crippen LogP contribution in [0.3, 0.4) is 0 Å². The van der Waals surface area contributed by atoms with E-state index in [1.807, 2.05) is 18.2 Å². The molecule has 0 amide bonds. The smallest absolute Gasteiger partial charge is 0.307 e. The van der Waals surface area contributed by atoms with Gasteiger partial charge in [-0.05, 0) is 43.1 Å². The molecule has 1 fully saturated rings. The molecular formula is C14H18BrNO3. The van der Waals surface area contributed by atoms with Crippen molar-refractivity contribution in [3.8, 4) is 5.75 Å². The molecule has 0 aliphatic carbocycles. The number of likely N-dealkylation sites (tertiary alicyclic amines) is 1. The highest BCUT2D eigenvalue weighted by molar-refractivity contribution is 9.10.